The summed E-state index contributed by atoms with van der Waals surface area (Å²) in [6, 6.07) is 7.98. The van der Waals surface area contributed by atoms with E-state index in [0.717, 1.165) is 44.6 Å². The van der Waals surface area contributed by atoms with E-state index >= 15 is 0 Å². The summed E-state index contributed by atoms with van der Waals surface area (Å²) in [5.41, 5.74) is 1.05. The summed E-state index contributed by atoms with van der Waals surface area (Å²) in [6.45, 7) is 3.50. The topological polar surface area (TPSA) is 41.6 Å². The molecule has 3 rings (SSSR count). The lowest BCUT2D eigenvalue weighted by Gasteiger charge is -2.32. The minimum atomic E-state index is -0.120. The van der Waals surface area contributed by atoms with Crippen LogP contribution >= 0.6 is 0 Å². The zero-order chi connectivity index (χ0) is 14.0. The average molecular weight is 274 g/mol. The van der Waals surface area contributed by atoms with Crippen molar-refractivity contribution in [2.45, 2.75) is 25.8 Å². The molecule has 1 amide bonds. The van der Waals surface area contributed by atoms with Crippen molar-refractivity contribution in [1.82, 2.24) is 10.2 Å². The van der Waals surface area contributed by atoms with Gasteiger partial charge in [0.25, 0.3) is 0 Å². The van der Waals surface area contributed by atoms with E-state index in [4.69, 9.17) is 4.74 Å². The van der Waals surface area contributed by atoms with Crippen LogP contribution < -0.4 is 10.1 Å². The standard InChI is InChI=1S/C16H22N2O2/c1-20-14-5-3-13(4-6-14)11-18-10-8-16(15(18)19)7-2-9-17-12-16/h3-6,17H,2,7-12H2,1H3. The zero-order valence-corrected chi connectivity index (χ0v) is 12.0. The molecular weight excluding hydrogens is 252 g/mol. The van der Waals surface area contributed by atoms with E-state index in [0.29, 0.717) is 12.5 Å². The molecule has 1 spiro atoms. The molecular formula is C16H22N2O2. The summed E-state index contributed by atoms with van der Waals surface area (Å²) in [4.78, 5) is 14.7. The average Bonchev–Trinajstić information content (AvgIpc) is 2.78. The maximum Gasteiger partial charge on any atom is 0.230 e. The zero-order valence-electron chi connectivity index (χ0n) is 12.0. The van der Waals surface area contributed by atoms with Crippen molar-refractivity contribution in [2.24, 2.45) is 5.41 Å². The number of hydrogen-bond acceptors (Lipinski definition) is 3. The first-order chi connectivity index (χ1) is 9.73. The van der Waals surface area contributed by atoms with Gasteiger partial charge in [-0.1, -0.05) is 12.1 Å². The molecule has 2 aliphatic heterocycles. The van der Waals surface area contributed by atoms with Crippen molar-refractivity contribution in [3.63, 3.8) is 0 Å². The van der Waals surface area contributed by atoms with Gasteiger partial charge in [0.15, 0.2) is 0 Å². The number of methoxy groups -OCH3 is 1. The van der Waals surface area contributed by atoms with Crippen molar-refractivity contribution < 1.29 is 9.53 Å². The molecule has 2 fully saturated rings. The van der Waals surface area contributed by atoms with Gasteiger partial charge >= 0.3 is 0 Å². The van der Waals surface area contributed by atoms with E-state index in [-0.39, 0.29) is 5.41 Å². The first-order valence-corrected chi connectivity index (χ1v) is 7.37. The Hall–Kier alpha value is -1.55. The molecule has 0 aliphatic carbocycles. The molecule has 0 aromatic heterocycles. The van der Waals surface area contributed by atoms with Crippen LogP contribution in [-0.2, 0) is 11.3 Å². The molecule has 1 aromatic rings. The lowest BCUT2D eigenvalue weighted by Crippen LogP contribution is -2.45. The predicted molar refractivity (Wildman–Crippen MR) is 77.6 cm³/mol. The van der Waals surface area contributed by atoms with E-state index in [1.54, 1.807) is 7.11 Å². The molecule has 1 N–H and O–H groups in total. The fourth-order valence-electron chi connectivity index (χ4n) is 3.36. The van der Waals surface area contributed by atoms with Crippen LogP contribution in [-0.4, -0.2) is 37.6 Å². The molecule has 0 bridgehead atoms. The molecule has 0 radical (unpaired) electrons. The maximum atomic E-state index is 12.7. The molecule has 4 nitrogen and oxygen atoms in total. The van der Waals surface area contributed by atoms with E-state index < -0.39 is 0 Å². The van der Waals surface area contributed by atoms with Gasteiger partial charge in [-0.3, -0.25) is 4.79 Å². The number of carbonyl (C=O) groups is 1. The number of hydrogen-bond donors (Lipinski definition) is 1. The Morgan fingerprint density at radius 3 is 2.75 bits per heavy atom. The van der Waals surface area contributed by atoms with Gasteiger partial charge < -0.3 is 15.0 Å². The molecule has 2 saturated heterocycles. The van der Waals surface area contributed by atoms with Crippen LogP contribution in [0.1, 0.15) is 24.8 Å². The van der Waals surface area contributed by atoms with Gasteiger partial charge in [0.1, 0.15) is 5.75 Å². The minimum absolute atomic E-state index is 0.120. The number of likely N-dealkylation sites (tertiary alicyclic amines) is 1. The van der Waals surface area contributed by atoms with Crippen molar-refractivity contribution in [3.05, 3.63) is 29.8 Å². The van der Waals surface area contributed by atoms with Crippen molar-refractivity contribution in [1.29, 1.82) is 0 Å². The Morgan fingerprint density at radius 1 is 1.30 bits per heavy atom. The molecule has 2 heterocycles. The highest BCUT2D eigenvalue weighted by Gasteiger charge is 2.46. The second-order valence-corrected chi connectivity index (χ2v) is 5.89. The van der Waals surface area contributed by atoms with Crippen LogP contribution in [0.2, 0.25) is 0 Å². The Bertz CT molecular complexity index is 478. The van der Waals surface area contributed by atoms with Crippen LogP contribution in [0.4, 0.5) is 0 Å². The molecule has 1 aromatic carbocycles. The SMILES string of the molecule is COc1ccc(CN2CCC3(CCCNC3)C2=O)cc1. The summed E-state index contributed by atoms with van der Waals surface area (Å²) >= 11 is 0. The lowest BCUT2D eigenvalue weighted by atomic mass is 9.79. The number of nitrogens with zero attached hydrogens (tertiary/aromatic N) is 1. The molecule has 20 heavy (non-hydrogen) atoms. The quantitative estimate of drug-likeness (QED) is 0.914. The first-order valence-electron chi connectivity index (χ1n) is 7.37. The van der Waals surface area contributed by atoms with Crippen LogP contribution in [0.5, 0.6) is 5.75 Å². The second kappa shape index (κ2) is 5.44. The normalized spacial score (nSPS) is 26.2. The first kappa shape index (κ1) is 13.4. The number of nitrogens with one attached hydrogen (secondary N) is 1. The van der Waals surface area contributed by atoms with E-state index in [1.807, 2.05) is 29.2 Å². The lowest BCUT2D eigenvalue weighted by molar-refractivity contribution is -0.137. The highest BCUT2D eigenvalue weighted by Crippen LogP contribution is 2.38. The van der Waals surface area contributed by atoms with Gasteiger partial charge in [-0.15, -0.1) is 0 Å². The van der Waals surface area contributed by atoms with Gasteiger partial charge in [0.05, 0.1) is 12.5 Å². The van der Waals surface area contributed by atoms with Crippen molar-refractivity contribution in [2.75, 3.05) is 26.7 Å². The van der Waals surface area contributed by atoms with Gasteiger partial charge in [0, 0.05) is 19.6 Å². The Balaban J connectivity index is 1.67. The summed E-state index contributed by atoms with van der Waals surface area (Å²) in [6.07, 6.45) is 3.15. The predicted octanol–water partition coefficient (Wildman–Crippen LogP) is 1.80. The molecule has 1 unspecified atom stereocenters. The highest BCUT2D eigenvalue weighted by molar-refractivity contribution is 5.85. The number of rotatable bonds is 3. The fourth-order valence-corrected chi connectivity index (χ4v) is 3.36. The molecule has 108 valence electrons. The molecule has 4 heteroatoms. The van der Waals surface area contributed by atoms with Crippen molar-refractivity contribution >= 4 is 5.91 Å². The summed E-state index contributed by atoms with van der Waals surface area (Å²) in [5, 5.41) is 3.38. The third-order valence-corrected chi connectivity index (χ3v) is 4.61. The summed E-state index contributed by atoms with van der Waals surface area (Å²) in [7, 11) is 1.67. The number of amides is 1. The summed E-state index contributed by atoms with van der Waals surface area (Å²) < 4.78 is 5.16. The van der Waals surface area contributed by atoms with Crippen LogP contribution in [0, 0.1) is 5.41 Å². The van der Waals surface area contributed by atoms with E-state index in [9.17, 15) is 4.79 Å². The smallest absolute Gasteiger partial charge is 0.230 e. The van der Waals surface area contributed by atoms with Crippen LogP contribution in [0.15, 0.2) is 24.3 Å². The van der Waals surface area contributed by atoms with Gasteiger partial charge in [0.2, 0.25) is 5.91 Å². The third kappa shape index (κ3) is 2.40. The molecule has 0 saturated carbocycles. The van der Waals surface area contributed by atoms with E-state index in [2.05, 4.69) is 5.32 Å². The Morgan fingerprint density at radius 2 is 2.10 bits per heavy atom. The van der Waals surface area contributed by atoms with Gasteiger partial charge in [-0.2, -0.15) is 0 Å². The van der Waals surface area contributed by atoms with Crippen molar-refractivity contribution in [3.8, 4) is 5.75 Å². The third-order valence-electron chi connectivity index (χ3n) is 4.61. The highest BCUT2D eigenvalue weighted by atomic mass is 16.5. The largest absolute Gasteiger partial charge is 0.497 e. The molecule has 2 aliphatic rings. The monoisotopic (exact) mass is 274 g/mol. The summed E-state index contributed by atoms with van der Waals surface area (Å²) in [5.74, 6) is 1.19. The molecule has 1 atom stereocenters. The van der Waals surface area contributed by atoms with Crippen LogP contribution in [0.25, 0.3) is 0 Å². The number of ether oxygens (including phenoxy) is 1. The minimum Gasteiger partial charge on any atom is -0.497 e. The fraction of sp³-hybridized carbons (Fsp3) is 0.562. The van der Waals surface area contributed by atoms with E-state index in [1.165, 1.54) is 5.56 Å². The maximum absolute atomic E-state index is 12.7. The second-order valence-electron chi connectivity index (χ2n) is 5.89. The van der Waals surface area contributed by atoms with Gasteiger partial charge in [-0.05, 0) is 43.5 Å². The number of carbonyl (C=O) groups excluding carboxylic acids is 1. The van der Waals surface area contributed by atoms with Crippen LogP contribution in [0.3, 0.4) is 0 Å². The number of piperidine rings is 1. The Labute approximate surface area is 120 Å². The number of benzene rings is 1. The Kier molecular flexibility index (Phi) is 3.66. The van der Waals surface area contributed by atoms with Gasteiger partial charge in [-0.25, -0.2) is 0 Å².